The fraction of sp³-hybridized carbons (Fsp3) is 0.364. The van der Waals surface area contributed by atoms with Crippen LogP contribution in [0.15, 0.2) is 54.6 Å². The summed E-state index contributed by atoms with van der Waals surface area (Å²) in [5.41, 5.74) is 1.62. The summed E-state index contributed by atoms with van der Waals surface area (Å²) < 4.78 is 0. The lowest BCUT2D eigenvalue weighted by Gasteiger charge is -2.21. The molecule has 150 valence electrons. The lowest BCUT2D eigenvalue weighted by Crippen LogP contribution is -2.49. The standard InChI is InChI=1S/C22H27ClN2O2S/c1-16(12-13-17-8-4-3-5-9-17)24-22(27)20(14-15-28-2)25-21(26)18-10-6-7-11-19(18)23/h3-11,16,20H,12-15H2,1-2H3,(H,24,27)(H,25,26)/t16-,20+/m1/s1. The Kier molecular flexibility index (Phi) is 9.38. The van der Waals surface area contributed by atoms with E-state index in [1.165, 1.54) is 5.56 Å². The normalized spacial score (nSPS) is 12.8. The molecule has 0 aromatic heterocycles. The molecule has 2 atom stereocenters. The van der Waals surface area contributed by atoms with Crippen LogP contribution in [0.2, 0.25) is 5.02 Å². The summed E-state index contributed by atoms with van der Waals surface area (Å²) >= 11 is 7.75. The molecular formula is C22H27ClN2O2S. The van der Waals surface area contributed by atoms with Crippen molar-refractivity contribution in [2.45, 2.75) is 38.3 Å². The first kappa shape index (κ1) is 22.3. The van der Waals surface area contributed by atoms with Crippen LogP contribution in [0.25, 0.3) is 0 Å². The van der Waals surface area contributed by atoms with E-state index in [4.69, 9.17) is 11.6 Å². The van der Waals surface area contributed by atoms with E-state index < -0.39 is 6.04 Å². The molecule has 2 aromatic rings. The molecule has 0 radical (unpaired) electrons. The molecule has 0 fully saturated rings. The van der Waals surface area contributed by atoms with Gasteiger partial charge in [-0.25, -0.2) is 0 Å². The maximum absolute atomic E-state index is 12.8. The summed E-state index contributed by atoms with van der Waals surface area (Å²) in [6.07, 6.45) is 4.27. The molecule has 28 heavy (non-hydrogen) atoms. The van der Waals surface area contributed by atoms with E-state index >= 15 is 0 Å². The second kappa shape index (κ2) is 11.8. The maximum atomic E-state index is 12.8. The van der Waals surface area contributed by atoms with Crippen LogP contribution in [0.4, 0.5) is 0 Å². The van der Waals surface area contributed by atoms with Gasteiger partial charge in [-0.2, -0.15) is 11.8 Å². The lowest BCUT2D eigenvalue weighted by molar-refractivity contribution is -0.123. The fourth-order valence-electron chi connectivity index (χ4n) is 2.83. The summed E-state index contributed by atoms with van der Waals surface area (Å²) in [5, 5.41) is 6.25. The summed E-state index contributed by atoms with van der Waals surface area (Å²) in [4.78, 5) is 25.3. The van der Waals surface area contributed by atoms with Gasteiger partial charge in [0.05, 0.1) is 10.6 Å². The van der Waals surface area contributed by atoms with Crippen molar-refractivity contribution < 1.29 is 9.59 Å². The van der Waals surface area contributed by atoms with Crippen LogP contribution in [0.1, 0.15) is 35.7 Å². The molecule has 0 aliphatic heterocycles. The van der Waals surface area contributed by atoms with Gasteiger partial charge in [-0.15, -0.1) is 0 Å². The van der Waals surface area contributed by atoms with Crippen LogP contribution in [-0.4, -0.2) is 35.9 Å². The van der Waals surface area contributed by atoms with Gasteiger partial charge in [-0.3, -0.25) is 9.59 Å². The van der Waals surface area contributed by atoms with Crippen molar-refractivity contribution in [2.24, 2.45) is 0 Å². The van der Waals surface area contributed by atoms with E-state index in [-0.39, 0.29) is 17.9 Å². The van der Waals surface area contributed by atoms with Gasteiger partial charge in [-0.1, -0.05) is 54.1 Å². The highest BCUT2D eigenvalue weighted by Gasteiger charge is 2.23. The monoisotopic (exact) mass is 418 g/mol. The Morgan fingerprint density at radius 2 is 1.68 bits per heavy atom. The Bertz CT molecular complexity index is 770. The van der Waals surface area contributed by atoms with Gasteiger partial charge in [0.1, 0.15) is 6.04 Å². The molecule has 2 aromatic carbocycles. The van der Waals surface area contributed by atoms with Crippen LogP contribution in [0.5, 0.6) is 0 Å². The number of hydrogen-bond donors (Lipinski definition) is 2. The second-order valence-electron chi connectivity index (χ2n) is 6.72. The number of thioether (sulfide) groups is 1. The third-order valence-electron chi connectivity index (χ3n) is 4.45. The molecule has 0 aliphatic rings. The van der Waals surface area contributed by atoms with Gasteiger partial charge < -0.3 is 10.6 Å². The molecular weight excluding hydrogens is 392 g/mol. The molecule has 4 nitrogen and oxygen atoms in total. The van der Waals surface area contributed by atoms with Crippen molar-refractivity contribution >= 4 is 35.2 Å². The SMILES string of the molecule is CSCC[C@H](NC(=O)c1ccccc1Cl)C(=O)N[C@H](C)CCc1ccccc1. The van der Waals surface area contributed by atoms with Gasteiger partial charge in [0.2, 0.25) is 5.91 Å². The zero-order valence-corrected chi connectivity index (χ0v) is 17.9. The lowest BCUT2D eigenvalue weighted by atomic mass is 10.1. The zero-order chi connectivity index (χ0) is 20.4. The highest BCUT2D eigenvalue weighted by Crippen LogP contribution is 2.15. The van der Waals surface area contributed by atoms with Crippen LogP contribution < -0.4 is 10.6 Å². The second-order valence-corrected chi connectivity index (χ2v) is 8.11. The Balaban J connectivity index is 1.94. The first-order valence-corrected chi connectivity index (χ1v) is 11.2. The minimum absolute atomic E-state index is 0.0155. The van der Waals surface area contributed by atoms with Gasteiger partial charge >= 0.3 is 0 Å². The van der Waals surface area contributed by atoms with Crippen molar-refractivity contribution in [1.82, 2.24) is 10.6 Å². The van der Waals surface area contributed by atoms with Crippen molar-refractivity contribution in [2.75, 3.05) is 12.0 Å². The Morgan fingerprint density at radius 3 is 2.36 bits per heavy atom. The molecule has 2 rings (SSSR count). The first-order valence-electron chi connectivity index (χ1n) is 9.40. The molecule has 6 heteroatoms. The minimum atomic E-state index is -0.588. The summed E-state index contributed by atoms with van der Waals surface area (Å²) in [6.45, 7) is 1.99. The Hall–Kier alpha value is -1.98. The third kappa shape index (κ3) is 7.21. The number of hydrogen-bond acceptors (Lipinski definition) is 3. The number of amides is 2. The molecule has 2 N–H and O–H groups in total. The highest BCUT2D eigenvalue weighted by molar-refractivity contribution is 7.98. The first-order chi connectivity index (χ1) is 13.5. The van der Waals surface area contributed by atoms with Crippen LogP contribution in [0, 0.1) is 0 Å². The largest absolute Gasteiger partial charge is 0.352 e. The molecule has 0 unspecified atom stereocenters. The van der Waals surface area contributed by atoms with Crippen molar-refractivity contribution in [1.29, 1.82) is 0 Å². The highest BCUT2D eigenvalue weighted by atomic mass is 35.5. The van der Waals surface area contributed by atoms with Crippen LogP contribution >= 0.6 is 23.4 Å². The molecule has 0 saturated heterocycles. The smallest absolute Gasteiger partial charge is 0.253 e. The number of halogens is 1. The van der Waals surface area contributed by atoms with Crippen LogP contribution in [-0.2, 0) is 11.2 Å². The average Bonchev–Trinajstić information content (AvgIpc) is 2.70. The fourth-order valence-corrected chi connectivity index (χ4v) is 3.52. The van der Waals surface area contributed by atoms with Crippen molar-refractivity contribution in [3.05, 3.63) is 70.7 Å². The molecule has 2 amide bonds. The predicted octanol–water partition coefficient (Wildman–Crippen LogP) is 4.33. The van der Waals surface area contributed by atoms with E-state index in [9.17, 15) is 9.59 Å². The third-order valence-corrected chi connectivity index (χ3v) is 5.42. The Morgan fingerprint density at radius 1 is 1.00 bits per heavy atom. The summed E-state index contributed by atoms with van der Waals surface area (Å²) in [6, 6.07) is 16.5. The van der Waals surface area contributed by atoms with Gasteiger partial charge in [-0.05, 0) is 55.9 Å². The number of carbonyl (C=O) groups is 2. The van der Waals surface area contributed by atoms with Gasteiger partial charge in [0, 0.05) is 6.04 Å². The number of nitrogens with one attached hydrogen (secondary N) is 2. The topological polar surface area (TPSA) is 58.2 Å². The average molecular weight is 419 g/mol. The number of carbonyl (C=O) groups excluding carboxylic acids is 2. The predicted molar refractivity (Wildman–Crippen MR) is 118 cm³/mol. The van der Waals surface area contributed by atoms with Gasteiger partial charge in [0.25, 0.3) is 5.91 Å². The molecule has 0 saturated carbocycles. The number of aryl methyl sites for hydroxylation is 1. The zero-order valence-electron chi connectivity index (χ0n) is 16.3. The maximum Gasteiger partial charge on any atom is 0.253 e. The molecule has 0 aliphatic carbocycles. The number of rotatable bonds is 10. The van der Waals surface area contributed by atoms with Gasteiger partial charge in [0.15, 0.2) is 0 Å². The molecule has 0 heterocycles. The minimum Gasteiger partial charge on any atom is -0.352 e. The van der Waals surface area contributed by atoms with E-state index in [0.29, 0.717) is 17.0 Å². The van der Waals surface area contributed by atoms with E-state index in [1.54, 1.807) is 36.0 Å². The Labute approximate surface area is 176 Å². The number of benzene rings is 2. The van der Waals surface area contributed by atoms with Crippen LogP contribution in [0.3, 0.4) is 0 Å². The van der Waals surface area contributed by atoms with E-state index in [0.717, 1.165) is 18.6 Å². The molecule has 0 bridgehead atoms. The molecule has 0 spiro atoms. The summed E-state index contributed by atoms with van der Waals surface area (Å²) in [5.74, 6) is 0.290. The van der Waals surface area contributed by atoms with Crippen molar-refractivity contribution in [3.63, 3.8) is 0 Å². The van der Waals surface area contributed by atoms with E-state index in [2.05, 4.69) is 22.8 Å². The summed E-state index contributed by atoms with van der Waals surface area (Å²) in [7, 11) is 0. The van der Waals surface area contributed by atoms with Crippen molar-refractivity contribution in [3.8, 4) is 0 Å². The quantitative estimate of drug-likeness (QED) is 0.603. The van der Waals surface area contributed by atoms with E-state index in [1.807, 2.05) is 31.4 Å².